The minimum absolute atomic E-state index is 0.140. The summed E-state index contributed by atoms with van der Waals surface area (Å²) in [6.45, 7) is 0.308. The third-order valence-corrected chi connectivity index (χ3v) is 1.69. The number of oxime groups is 1. The van der Waals surface area contributed by atoms with Gasteiger partial charge in [0, 0.05) is 5.69 Å². The lowest BCUT2D eigenvalue weighted by molar-refractivity contribution is 0.317. The summed E-state index contributed by atoms with van der Waals surface area (Å²) >= 11 is 0. The molecule has 0 aliphatic heterocycles. The highest BCUT2D eigenvalue weighted by Crippen LogP contribution is 2.14. The predicted molar refractivity (Wildman–Crippen MR) is 54.9 cm³/mol. The summed E-state index contributed by atoms with van der Waals surface area (Å²) < 4.78 is 5.00. The van der Waals surface area contributed by atoms with Crippen LogP contribution in [0.4, 0.5) is 5.69 Å². The van der Waals surface area contributed by atoms with Crippen LogP contribution in [0.5, 0.6) is 5.75 Å². The molecule has 0 spiro atoms. The van der Waals surface area contributed by atoms with Gasteiger partial charge in [-0.1, -0.05) is 5.16 Å². The van der Waals surface area contributed by atoms with E-state index in [1.807, 2.05) is 24.3 Å². The van der Waals surface area contributed by atoms with E-state index in [0.717, 1.165) is 11.4 Å². The first-order valence-corrected chi connectivity index (χ1v) is 4.10. The smallest absolute Gasteiger partial charge is 0.158 e. The fourth-order valence-electron chi connectivity index (χ4n) is 0.937. The predicted octanol–water partition coefficient (Wildman–Crippen LogP) is 0.853. The molecule has 0 aliphatic rings. The van der Waals surface area contributed by atoms with Crippen molar-refractivity contribution < 1.29 is 9.94 Å². The lowest BCUT2D eigenvalue weighted by Crippen LogP contribution is -2.22. The van der Waals surface area contributed by atoms with Gasteiger partial charge >= 0.3 is 0 Å². The van der Waals surface area contributed by atoms with Crippen molar-refractivity contribution in [2.45, 2.75) is 0 Å². The van der Waals surface area contributed by atoms with Gasteiger partial charge in [0.25, 0.3) is 0 Å². The molecule has 0 aliphatic carbocycles. The Balaban J connectivity index is 2.52. The summed E-state index contributed by atoms with van der Waals surface area (Å²) in [4.78, 5) is 0. The fraction of sp³-hybridized carbons (Fsp3) is 0.222. The summed E-state index contributed by atoms with van der Waals surface area (Å²) in [6, 6.07) is 7.36. The molecule has 0 atom stereocenters. The van der Waals surface area contributed by atoms with Crippen LogP contribution in [0.15, 0.2) is 29.4 Å². The zero-order valence-corrected chi connectivity index (χ0v) is 7.90. The van der Waals surface area contributed by atoms with Crippen molar-refractivity contribution in [3.63, 3.8) is 0 Å². The molecule has 1 aromatic carbocycles. The summed E-state index contributed by atoms with van der Waals surface area (Å²) in [6.07, 6.45) is 0. The van der Waals surface area contributed by atoms with Gasteiger partial charge in [0.2, 0.25) is 0 Å². The second-order valence-electron chi connectivity index (χ2n) is 2.67. The first-order chi connectivity index (χ1) is 6.76. The maximum absolute atomic E-state index is 8.30. The second kappa shape index (κ2) is 4.96. The lowest BCUT2D eigenvalue weighted by atomic mass is 10.3. The molecule has 5 heteroatoms. The third-order valence-electron chi connectivity index (χ3n) is 1.69. The van der Waals surface area contributed by atoms with E-state index in [1.165, 1.54) is 0 Å². The SMILES string of the molecule is COc1ccc(NCC(N)=NO)cc1. The molecule has 0 unspecified atom stereocenters. The Hall–Kier alpha value is -1.91. The van der Waals surface area contributed by atoms with Gasteiger partial charge < -0.3 is 21.0 Å². The average molecular weight is 195 g/mol. The minimum atomic E-state index is 0.140. The normalized spacial score (nSPS) is 11.1. The standard InChI is InChI=1S/C9H13N3O2/c1-14-8-4-2-7(3-5-8)11-6-9(10)12-13/h2-5,11,13H,6H2,1H3,(H2,10,12). The minimum Gasteiger partial charge on any atom is -0.497 e. The second-order valence-corrected chi connectivity index (χ2v) is 2.67. The Morgan fingerprint density at radius 3 is 2.64 bits per heavy atom. The summed E-state index contributed by atoms with van der Waals surface area (Å²) in [7, 11) is 1.61. The van der Waals surface area contributed by atoms with E-state index >= 15 is 0 Å². The monoisotopic (exact) mass is 195 g/mol. The third kappa shape index (κ3) is 2.85. The molecule has 14 heavy (non-hydrogen) atoms. The van der Waals surface area contributed by atoms with Gasteiger partial charge in [-0.15, -0.1) is 0 Å². The number of nitrogens with two attached hydrogens (primary N) is 1. The Labute approximate surface area is 82.2 Å². The average Bonchev–Trinajstić information content (AvgIpc) is 2.26. The van der Waals surface area contributed by atoms with Gasteiger partial charge in [-0.3, -0.25) is 0 Å². The molecule has 1 aromatic rings. The van der Waals surface area contributed by atoms with Gasteiger partial charge in [0.1, 0.15) is 5.75 Å². The fourth-order valence-corrected chi connectivity index (χ4v) is 0.937. The number of nitrogens with zero attached hydrogens (tertiary/aromatic N) is 1. The number of rotatable bonds is 4. The summed E-state index contributed by atoms with van der Waals surface area (Å²) in [5, 5.41) is 14.1. The molecule has 0 amide bonds. The van der Waals surface area contributed by atoms with Gasteiger partial charge in [0.05, 0.1) is 13.7 Å². The quantitative estimate of drug-likeness (QED) is 0.288. The first-order valence-electron chi connectivity index (χ1n) is 4.10. The summed E-state index contributed by atoms with van der Waals surface area (Å²) in [5.74, 6) is 0.931. The highest BCUT2D eigenvalue weighted by Gasteiger charge is 1.95. The largest absolute Gasteiger partial charge is 0.497 e. The highest BCUT2D eigenvalue weighted by atomic mass is 16.5. The summed E-state index contributed by atoms with van der Waals surface area (Å²) in [5.41, 5.74) is 6.18. The van der Waals surface area contributed by atoms with Gasteiger partial charge in [0.15, 0.2) is 5.84 Å². The molecule has 4 N–H and O–H groups in total. The van der Waals surface area contributed by atoms with Crippen LogP contribution >= 0.6 is 0 Å². The number of amidine groups is 1. The molecule has 76 valence electrons. The topological polar surface area (TPSA) is 79.9 Å². The van der Waals surface area contributed by atoms with E-state index in [1.54, 1.807) is 7.11 Å². The van der Waals surface area contributed by atoms with Crippen LogP contribution in [0.25, 0.3) is 0 Å². The van der Waals surface area contributed by atoms with E-state index in [0.29, 0.717) is 6.54 Å². The maximum Gasteiger partial charge on any atom is 0.158 e. The number of hydrogen-bond acceptors (Lipinski definition) is 4. The first kappa shape index (κ1) is 10.2. The van der Waals surface area contributed by atoms with Crippen LogP contribution in [0, 0.1) is 0 Å². The zero-order chi connectivity index (χ0) is 10.4. The highest BCUT2D eigenvalue weighted by molar-refractivity contribution is 5.84. The van der Waals surface area contributed by atoms with Crippen molar-refractivity contribution in [1.82, 2.24) is 0 Å². The van der Waals surface area contributed by atoms with E-state index in [-0.39, 0.29) is 5.84 Å². The van der Waals surface area contributed by atoms with Crippen LogP contribution in [0.2, 0.25) is 0 Å². The van der Waals surface area contributed by atoms with Crippen molar-refractivity contribution in [1.29, 1.82) is 0 Å². The number of ether oxygens (including phenoxy) is 1. The number of nitrogens with one attached hydrogen (secondary N) is 1. The van der Waals surface area contributed by atoms with E-state index in [9.17, 15) is 0 Å². The molecule has 0 aromatic heterocycles. The van der Waals surface area contributed by atoms with E-state index < -0.39 is 0 Å². The molecule has 5 nitrogen and oxygen atoms in total. The van der Waals surface area contributed by atoms with Crippen LogP contribution in [0.3, 0.4) is 0 Å². The molecule has 0 saturated heterocycles. The molecule has 0 heterocycles. The van der Waals surface area contributed by atoms with Gasteiger partial charge in [-0.25, -0.2) is 0 Å². The van der Waals surface area contributed by atoms with Crippen LogP contribution in [0.1, 0.15) is 0 Å². The van der Waals surface area contributed by atoms with Crippen LogP contribution in [-0.4, -0.2) is 24.7 Å². The van der Waals surface area contributed by atoms with Crippen molar-refractivity contribution in [2.24, 2.45) is 10.9 Å². The van der Waals surface area contributed by atoms with Crippen molar-refractivity contribution in [3.05, 3.63) is 24.3 Å². The number of anilines is 1. The van der Waals surface area contributed by atoms with Crippen molar-refractivity contribution in [3.8, 4) is 5.75 Å². The van der Waals surface area contributed by atoms with Gasteiger partial charge in [-0.05, 0) is 24.3 Å². The molecule has 1 rings (SSSR count). The van der Waals surface area contributed by atoms with Crippen molar-refractivity contribution in [2.75, 3.05) is 19.0 Å². The van der Waals surface area contributed by atoms with E-state index in [4.69, 9.17) is 15.7 Å². The molecular formula is C9H13N3O2. The number of hydrogen-bond donors (Lipinski definition) is 3. The Bertz CT molecular complexity index is 308. The van der Waals surface area contributed by atoms with E-state index in [2.05, 4.69) is 10.5 Å². The van der Waals surface area contributed by atoms with Gasteiger partial charge in [-0.2, -0.15) is 0 Å². The molecule has 0 bridgehead atoms. The Morgan fingerprint density at radius 1 is 1.50 bits per heavy atom. The zero-order valence-electron chi connectivity index (χ0n) is 7.90. The molecule has 0 saturated carbocycles. The number of methoxy groups -OCH3 is 1. The molecule has 0 radical (unpaired) electrons. The number of benzene rings is 1. The van der Waals surface area contributed by atoms with Crippen molar-refractivity contribution >= 4 is 11.5 Å². The van der Waals surface area contributed by atoms with Crippen LogP contribution < -0.4 is 15.8 Å². The Morgan fingerprint density at radius 2 is 2.14 bits per heavy atom. The maximum atomic E-state index is 8.30. The lowest BCUT2D eigenvalue weighted by Gasteiger charge is -2.05. The molecule has 0 fully saturated rings. The Kier molecular flexibility index (Phi) is 3.60. The van der Waals surface area contributed by atoms with Crippen LogP contribution in [-0.2, 0) is 0 Å². The molecular weight excluding hydrogens is 182 g/mol.